The highest BCUT2D eigenvalue weighted by atomic mass is 16.2. The van der Waals surface area contributed by atoms with Gasteiger partial charge in [0.15, 0.2) is 0 Å². The van der Waals surface area contributed by atoms with Crippen LogP contribution < -0.4 is 5.32 Å². The van der Waals surface area contributed by atoms with Crippen molar-refractivity contribution < 1.29 is 9.90 Å². The number of rotatable bonds is 4. The third kappa shape index (κ3) is 4.91. The second-order valence-electron chi connectivity index (χ2n) is 5.73. The van der Waals surface area contributed by atoms with Gasteiger partial charge in [-0.25, -0.2) is 0 Å². The summed E-state index contributed by atoms with van der Waals surface area (Å²) in [5.74, 6) is 6.33. The fourth-order valence-electron chi connectivity index (χ4n) is 2.87. The maximum absolute atomic E-state index is 12.0. The number of hydrogen-bond donors (Lipinski definition) is 2. The zero-order valence-electron chi connectivity index (χ0n) is 12.6. The molecular formula is C18H23NO2. The molecule has 112 valence electrons. The number of amides is 1. The Morgan fingerprint density at radius 2 is 2.14 bits per heavy atom. The van der Waals surface area contributed by atoms with Crippen molar-refractivity contribution in [2.24, 2.45) is 5.92 Å². The summed E-state index contributed by atoms with van der Waals surface area (Å²) in [6, 6.07) is 5.67. The zero-order valence-corrected chi connectivity index (χ0v) is 12.6. The van der Waals surface area contributed by atoms with Gasteiger partial charge in [0, 0.05) is 17.7 Å². The number of benzene rings is 1. The minimum atomic E-state index is -0.140. The van der Waals surface area contributed by atoms with E-state index in [2.05, 4.69) is 17.2 Å². The first kappa shape index (κ1) is 15.6. The first-order valence-electron chi connectivity index (χ1n) is 7.69. The Kier molecular flexibility index (Phi) is 5.83. The van der Waals surface area contributed by atoms with Gasteiger partial charge in [-0.05, 0) is 43.0 Å². The van der Waals surface area contributed by atoms with Crippen LogP contribution in [0, 0.1) is 24.7 Å². The van der Waals surface area contributed by atoms with Gasteiger partial charge in [0.1, 0.15) is 6.61 Å². The van der Waals surface area contributed by atoms with Crippen molar-refractivity contribution in [2.45, 2.75) is 45.4 Å². The third-order valence-corrected chi connectivity index (χ3v) is 4.07. The van der Waals surface area contributed by atoms with Crippen LogP contribution in [-0.4, -0.2) is 17.6 Å². The summed E-state index contributed by atoms with van der Waals surface area (Å²) in [5.41, 5.74) is 2.69. The van der Waals surface area contributed by atoms with Crippen molar-refractivity contribution in [3.8, 4) is 11.8 Å². The van der Waals surface area contributed by atoms with E-state index in [9.17, 15) is 4.79 Å². The van der Waals surface area contributed by atoms with E-state index in [4.69, 9.17) is 5.11 Å². The second-order valence-corrected chi connectivity index (χ2v) is 5.73. The molecule has 0 unspecified atom stereocenters. The first-order chi connectivity index (χ1) is 10.2. The first-order valence-corrected chi connectivity index (χ1v) is 7.69. The van der Waals surface area contributed by atoms with Crippen LogP contribution in [0.25, 0.3) is 0 Å². The van der Waals surface area contributed by atoms with Crippen molar-refractivity contribution in [1.29, 1.82) is 0 Å². The van der Waals surface area contributed by atoms with Crippen LogP contribution in [0.3, 0.4) is 0 Å². The molecule has 0 bridgehead atoms. The summed E-state index contributed by atoms with van der Waals surface area (Å²) >= 11 is 0. The lowest BCUT2D eigenvalue weighted by atomic mass is 10.0. The summed E-state index contributed by atoms with van der Waals surface area (Å²) < 4.78 is 0. The number of nitrogens with one attached hydrogen (secondary N) is 1. The molecule has 1 fully saturated rings. The van der Waals surface area contributed by atoms with E-state index in [-0.39, 0.29) is 12.5 Å². The number of carbonyl (C=O) groups excluding carboxylic acids is 1. The van der Waals surface area contributed by atoms with Crippen LogP contribution in [0.1, 0.15) is 49.7 Å². The van der Waals surface area contributed by atoms with Gasteiger partial charge < -0.3 is 10.4 Å². The largest absolute Gasteiger partial charge is 0.384 e. The van der Waals surface area contributed by atoms with E-state index < -0.39 is 0 Å². The van der Waals surface area contributed by atoms with Gasteiger partial charge in [0.2, 0.25) is 5.91 Å². The molecule has 0 radical (unpaired) electrons. The Balaban J connectivity index is 1.88. The number of carbonyl (C=O) groups is 1. The summed E-state index contributed by atoms with van der Waals surface area (Å²) in [7, 11) is 0. The van der Waals surface area contributed by atoms with Crippen LogP contribution in [0.2, 0.25) is 0 Å². The molecule has 0 heterocycles. The lowest BCUT2D eigenvalue weighted by Crippen LogP contribution is -2.13. The molecular weight excluding hydrogens is 262 g/mol. The summed E-state index contributed by atoms with van der Waals surface area (Å²) in [5, 5.41) is 11.7. The maximum atomic E-state index is 12.0. The molecule has 2 N–H and O–H groups in total. The van der Waals surface area contributed by atoms with Crippen LogP contribution >= 0.6 is 0 Å². The van der Waals surface area contributed by atoms with E-state index >= 15 is 0 Å². The van der Waals surface area contributed by atoms with Gasteiger partial charge in [0.05, 0.1) is 0 Å². The number of anilines is 1. The fraction of sp³-hybridized carbons (Fsp3) is 0.500. The highest BCUT2D eigenvalue weighted by Gasteiger charge is 2.16. The van der Waals surface area contributed by atoms with Gasteiger partial charge in [-0.3, -0.25) is 4.79 Å². The minimum absolute atomic E-state index is 0.0965. The quantitative estimate of drug-likeness (QED) is 0.834. The molecule has 21 heavy (non-hydrogen) atoms. The van der Waals surface area contributed by atoms with E-state index in [1.165, 1.54) is 25.7 Å². The number of aryl methyl sites for hydroxylation is 1. The Morgan fingerprint density at radius 3 is 2.81 bits per heavy atom. The Morgan fingerprint density at radius 1 is 1.38 bits per heavy atom. The Bertz CT molecular complexity index is 548. The van der Waals surface area contributed by atoms with Gasteiger partial charge in [-0.1, -0.05) is 37.5 Å². The lowest BCUT2D eigenvalue weighted by Gasteiger charge is -2.11. The predicted octanol–water partition coefficient (Wildman–Crippen LogP) is 3.25. The fourth-order valence-corrected chi connectivity index (χ4v) is 2.87. The predicted molar refractivity (Wildman–Crippen MR) is 85.0 cm³/mol. The molecule has 0 atom stereocenters. The average Bonchev–Trinajstić information content (AvgIpc) is 2.99. The molecule has 1 aliphatic carbocycles. The molecule has 0 saturated heterocycles. The van der Waals surface area contributed by atoms with E-state index in [1.54, 1.807) is 0 Å². The Hall–Kier alpha value is -1.79. The number of aliphatic hydroxyl groups is 1. The topological polar surface area (TPSA) is 49.3 Å². The SMILES string of the molecule is Cc1cc(C#CCO)ccc1NC(=O)CCC1CCCC1. The van der Waals surface area contributed by atoms with E-state index in [0.717, 1.165) is 29.2 Å². The van der Waals surface area contributed by atoms with Crippen LogP contribution in [0.4, 0.5) is 5.69 Å². The minimum Gasteiger partial charge on any atom is -0.384 e. The van der Waals surface area contributed by atoms with E-state index in [0.29, 0.717) is 6.42 Å². The molecule has 3 nitrogen and oxygen atoms in total. The van der Waals surface area contributed by atoms with Gasteiger partial charge >= 0.3 is 0 Å². The summed E-state index contributed by atoms with van der Waals surface area (Å²) in [4.78, 5) is 12.0. The molecule has 0 spiro atoms. The third-order valence-electron chi connectivity index (χ3n) is 4.07. The molecule has 1 amide bonds. The van der Waals surface area contributed by atoms with Gasteiger partial charge in [0.25, 0.3) is 0 Å². The average molecular weight is 285 g/mol. The van der Waals surface area contributed by atoms with Crippen LogP contribution in [0.15, 0.2) is 18.2 Å². The van der Waals surface area contributed by atoms with E-state index in [1.807, 2.05) is 25.1 Å². The molecule has 0 aromatic heterocycles. The van der Waals surface area contributed by atoms with Crippen molar-refractivity contribution in [1.82, 2.24) is 0 Å². The molecule has 1 aliphatic rings. The van der Waals surface area contributed by atoms with Crippen molar-refractivity contribution in [3.63, 3.8) is 0 Å². The summed E-state index contributed by atoms with van der Waals surface area (Å²) in [6.07, 6.45) is 6.82. The molecule has 0 aliphatic heterocycles. The van der Waals surface area contributed by atoms with Crippen molar-refractivity contribution in [3.05, 3.63) is 29.3 Å². The Labute approximate surface area is 126 Å². The molecule has 1 aromatic carbocycles. The standard InChI is InChI=1S/C18H23NO2/c1-14-13-16(7-4-12-20)8-10-17(14)19-18(21)11-9-15-5-2-3-6-15/h8,10,13,15,20H,2-3,5-6,9,11-12H2,1H3,(H,19,21). The number of aliphatic hydroxyl groups excluding tert-OH is 1. The van der Waals surface area contributed by atoms with Crippen molar-refractivity contribution in [2.75, 3.05) is 11.9 Å². The lowest BCUT2D eigenvalue weighted by molar-refractivity contribution is -0.116. The second kappa shape index (κ2) is 7.85. The summed E-state index contributed by atoms with van der Waals surface area (Å²) in [6.45, 7) is 1.81. The monoisotopic (exact) mass is 285 g/mol. The zero-order chi connectivity index (χ0) is 15.1. The van der Waals surface area contributed by atoms with Crippen LogP contribution in [-0.2, 0) is 4.79 Å². The molecule has 1 saturated carbocycles. The van der Waals surface area contributed by atoms with Gasteiger partial charge in [-0.2, -0.15) is 0 Å². The number of hydrogen-bond acceptors (Lipinski definition) is 2. The highest BCUT2D eigenvalue weighted by Crippen LogP contribution is 2.28. The van der Waals surface area contributed by atoms with Crippen LogP contribution in [0.5, 0.6) is 0 Å². The molecule has 1 aromatic rings. The normalized spacial score (nSPS) is 14.6. The smallest absolute Gasteiger partial charge is 0.224 e. The molecule has 3 heteroatoms. The van der Waals surface area contributed by atoms with Crippen molar-refractivity contribution >= 4 is 11.6 Å². The highest BCUT2D eigenvalue weighted by molar-refractivity contribution is 5.91. The van der Waals surface area contributed by atoms with Gasteiger partial charge in [-0.15, -0.1) is 0 Å². The molecule has 2 rings (SSSR count). The maximum Gasteiger partial charge on any atom is 0.224 e.